The van der Waals surface area contributed by atoms with Gasteiger partial charge in [0, 0.05) is 23.1 Å². The first-order valence-electron chi connectivity index (χ1n) is 8.19. The van der Waals surface area contributed by atoms with E-state index in [1.807, 2.05) is 0 Å². The molecule has 0 aliphatic carbocycles. The summed E-state index contributed by atoms with van der Waals surface area (Å²) in [6.45, 7) is 0.599. The Balaban J connectivity index is 2.26. The van der Waals surface area contributed by atoms with Crippen LogP contribution in [-0.4, -0.2) is 53.8 Å². The van der Waals surface area contributed by atoms with E-state index in [1.165, 1.54) is 13.1 Å². The molecule has 0 aromatic carbocycles. The minimum Gasteiger partial charge on any atom is -0.352 e. The van der Waals surface area contributed by atoms with Crippen LogP contribution in [0.5, 0.6) is 0 Å². The number of aryl methyl sites for hydroxylation is 1. The van der Waals surface area contributed by atoms with Crippen LogP contribution in [0.1, 0.15) is 18.2 Å². The number of phosphoric acid groups is 1. The average molecular weight is 505 g/mol. The first kappa shape index (κ1) is 25.7. The molecule has 20 heteroatoms. The van der Waals surface area contributed by atoms with Crippen LogP contribution < -0.4 is 11.2 Å². The monoisotopic (exact) mass is 505 g/mol. The zero-order valence-electron chi connectivity index (χ0n) is 15.6. The number of hydrogen-bond donors (Lipinski definition) is 5. The number of H-pyrrole nitrogens is 1. The van der Waals surface area contributed by atoms with Crippen LogP contribution in [0.25, 0.3) is 10.4 Å². The summed E-state index contributed by atoms with van der Waals surface area (Å²) < 4.78 is 50.0. The van der Waals surface area contributed by atoms with Crippen LogP contribution in [0, 0.1) is 6.92 Å². The summed E-state index contributed by atoms with van der Waals surface area (Å²) in [5.41, 5.74) is 7.44. The smallest absolute Gasteiger partial charge is 0.352 e. The summed E-state index contributed by atoms with van der Waals surface area (Å²) in [5.74, 6) is -1.63. The fourth-order valence-corrected chi connectivity index (χ4v) is 7.35. The Morgan fingerprint density at radius 3 is 2.52 bits per heavy atom. The molecule has 17 nitrogen and oxygen atoms in total. The largest absolute Gasteiger partial charge is 0.476 e. The molecule has 0 amide bonds. The molecule has 5 N–H and O–H groups in total. The van der Waals surface area contributed by atoms with Gasteiger partial charge in [0.1, 0.15) is 6.23 Å². The minimum atomic E-state index is -5.47. The molecule has 0 bridgehead atoms. The third-order valence-electron chi connectivity index (χ3n) is 3.88. The molecule has 1 saturated heterocycles. The van der Waals surface area contributed by atoms with Gasteiger partial charge in [0.25, 0.3) is 5.56 Å². The summed E-state index contributed by atoms with van der Waals surface area (Å²) in [6.07, 6.45) is -1.23. The predicted molar refractivity (Wildman–Crippen MR) is 101 cm³/mol. The normalized spacial score (nSPS) is 23.8. The third kappa shape index (κ3) is 7.49. The molecule has 0 radical (unpaired) electrons. The van der Waals surface area contributed by atoms with Crippen molar-refractivity contribution in [3.63, 3.8) is 0 Å². The SMILES string of the molecule is Cc1cn([C@H]2C[C@H](N=[N+]=[N-])[C@@H](COP(=O)(CP(=O)(O)O)OP(=O)(O)O)O2)c(=O)[nH]c1=O. The Morgan fingerprint density at radius 1 is 1.32 bits per heavy atom. The summed E-state index contributed by atoms with van der Waals surface area (Å²) >= 11 is 0. The maximum atomic E-state index is 12.5. The van der Waals surface area contributed by atoms with Gasteiger partial charge in [-0.05, 0) is 12.5 Å². The van der Waals surface area contributed by atoms with Gasteiger partial charge < -0.3 is 28.8 Å². The molecule has 2 rings (SSSR count). The van der Waals surface area contributed by atoms with E-state index in [9.17, 15) is 23.3 Å². The van der Waals surface area contributed by atoms with Crippen molar-refractivity contribution in [2.24, 2.45) is 5.11 Å². The Kier molecular flexibility index (Phi) is 7.85. The summed E-state index contributed by atoms with van der Waals surface area (Å²) in [5, 5.41) is 3.45. The van der Waals surface area contributed by atoms with Gasteiger partial charge in [-0.3, -0.25) is 23.5 Å². The molecule has 1 aliphatic rings. The zero-order valence-corrected chi connectivity index (χ0v) is 18.3. The van der Waals surface area contributed by atoms with Crippen molar-refractivity contribution in [1.29, 1.82) is 0 Å². The fourth-order valence-electron chi connectivity index (χ4n) is 2.69. The number of nitrogens with one attached hydrogen (secondary N) is 1. The van der Waals surface area contributed by atoms with Crippen molar-refractivity contribution < 1.29 is 46.8 Å². The van der Waals surface area contributed by atoms with E-state index >= 15 is 0 Å². The third-order valence-corrected chi connectivity index (χ3v) is 9.13. The van der Waals surface area contributed by atoms with Crippen LogP contribution in [-0.2, 0) is 27.3 Å². The number of hydrogen-bond acceptors (Lipinski definition) is 9. The summed E-state index contributed by atoms with van der Waals surface area (Å²) in [4.78, 5) is 64.0. The molecule has 0 saturated carbocycles. The number of aromatic amines is 1. The molecule has 31 heavy (non-hydrogen) atoms. The molecule has 1 aromatic rings. The van der Waals surface area contributed by atoms with Gasteiger partial charge in [-0.1, -0.05) is 5.11 Å². The molecular formula is C11H18N5O12P3. The fraction of sp³-hybridized carbons (Fsp3) is 0.636. The van der Waals surface area contributed by atoms with Crippen LogP contribution in [0.4, 0.5) is 0 Å². The van der Waals surface area contributed by atoms with Crippen molar-refractivity contribution in [2.45, 2.75) is 31.7 Å². The highest BCUT2D eigenvalue weighted by atomic mass is 31.3. The summed E-state index contributed by atoms with van der Waals surface area (Å²) in [6, 6.07) is -1.03. The van der Waals surface area contributed by atoms with E-state index in [0.717, 1.165) is 4.57 Å². The highest BCUT2D eigenvalue weighted by molar-refractivity contribution is 7.74. The Hall–Kier alpha value is -1.60. The molecule has 1 aliphatic heterocycles. The standard InChI is InChI=1S/C11H18N5O12P3/c1-6-3-16(11(18)13-10(6)17)9-2-7(14-15-12)8(27-9)4-26-30(22,5-29(19,20)21)28-31(23,24)25/h3,7-9H,2,4-5H2,1H3,(H,13,17,18)(H2,19,20,21)(H2,23,24,25)/t7-,8+,9+,30?/m0/s1. The Bertz CT molecular complexity index is 1100. The van der Waals surface area contributed by atoms with Crippen molar-refractivity contribution in [2.75, 3.05) is 12.5 Å². The number of rotatable bonds is 9. The molecular weight excluding hydrogens is 487 g/mol. The van der Waals surface area contributed by atoms with Crippen molar-refractivity contribution in [3.8, 4) is 0 Å². The van der Waals surface area contributed by atoms with Gasteiger partial charge in [0.05, 0.1) is 18.8 Å². The van der Waals surface area contributed by atoms with Gasteiger partial charge in [0.15, 0.2) is 5.90 Å². The first-order chi connectivity index (χ1) is 14.1. The number of aromatic nitrogens is 2. The first-order valence-corrected chi connectivity index (χ1v) is 13.2. The second-order valence-corrected chi connectivity index (χ2v) is 12.0. The lowest BCUT2D eigenvalue weighted by molar-refractivity contribution is -0.0238. The molecule has 1 unspecified atom stereocenters. The highest BCUT2D eigenvalue weighted by Crippen LogP contribution is 2.66. The molecule has 1 fully saturated rings. The molecule has 4 atom stereocenters. The second kappa shape index (κ2) is 9.49. The lowest BCUT2D eigenvalue weighted by Crippen LogP contribution is -2.33. The lowest BCUT2D eigenvalue weighted by atomic mass is 10.1. The van der Waals surface area contributed by atoms with Crippen molar-refractivity contribution in [3.05, 3.63) is 43.0 Å². The van der Waals surface area contributed by atoms with Crippen molar-refractivity contribution in [1.82, 2.24) is 9.55 Å². The number of ether oxygens (including phenoxy) is 1. The highest BCUT2D eigenvalue weighted by Gasteiger charge is 2.43. The molecule has 2 heterocycles. The maximum Gasteiger partial charge on any atom is 0.476 e. The Morgan fingerprint density at radius 2 is 1.97 bits per heavy atom. The topological polar surface area (TPSA) is 263 Å². The van der Waals surface area contributed by atoms with Crippen LogP contribution in [0.3, 0.4) is 0 Å². The van der Waals surface area contributed by atoms with E-state index in [0.29, 0.717) is 0 Å². The average Bonchev–Trinajstić information content (AvgIpc) is 2.96. The van der Waals surface area contributed by atoms with Crippen LogP contribution >= 0.6 is 23.0 Å². The molecule has 174 valence electrons. The number of azide groups is 1. The van der Waals surface area contributed by atoms with E-state index in [2.05, 4.69) is 19.3 Å². The minimum absolute atomic E-state index is 0.106. The van der Waals surface area contributed by atoms with Crippen LogP contribution in [0.2, 0.25) is 0 Å². The van der Waals surface area contributed by atoms with Crippen molar-refractivity contribution >= 4 is 23.0 Å². The van der Waals surface area contributed by atoms with Gasteiger partial charge in [-0.2, -0.15) is 0 Å². The Labute approximate surface area is 172 Å². The summed E-state index contributed by atoms with van der Waals surface area (Å²) in [7, 11) is -15.6. The maximum absolute atomic E-state index is 12.5. The van der Waals surface area contributed by atoms with Gasteiger partial charge >= 0.3 is 28.7 Å². The number of nitrogens with zero attached hydrogens (tertiary/aromatic N) is 4. The predicted octanol–water partition coefficient (Wildman–Crippen LogP) is 0.266. The van der Waals surface area contributed by atoms with E-state index in [1.54, 1.807) is 0 Å². The van der Waals surface area contributed by atoms with E-state index < -0.39 is 65.1 Å². The van der Waals surface area contributed by atoms with E-state index in [-0.39, 0.29) is 12.0 Å². The van der Waals surface area contributed by atoms with Gasteiger partial charge in [-0.25, -0.2) is 13.7 Å². The van der Waals surface area contributed by atoms with Gasteiger partial charge in [0.2, 0.25) is 0 Å². The van der Waals surface area contributed by atoms with Gasteiger partial charge in [-0.15, -0.1) is 0 Å². The van der Waals surface area contributed by atoms with Crippen LogP contribution in [0.15, 0.2) is 20.9 Å². The molecule has 1 aromatic heterocycles. The van der Waals surface area contributed by atoms with E-state index in [4.69, 9.17) is 34.4 Å². The second-order valence-electron chi connectivity index (χ2n) is 6.40. The molecule has 0 spiro atoms. The lowest BCUT2D eigenvalue weighted by Gasteiger charge is -2.22. The zero-order chi connectivity index (χ0) is 23.6. The quantitative estimate of drug-likeness (QED) is 0.131.